The molecule has 3 aromatic carbocycles. The summed E-state index contributed by atoms with van der Waals surface area (Å²) in [5.41, 5.74) is 2.02. The molecule has 0 saturated heterocycles. The van der Waals surface area contributed by atoms with Crippen molar-refractivity contribution in [2.45, 2.75) is 52.4 Å². The van der Waals surface area contributed by atoms with Crippen molar-refractivity contribution in [2.24, 2.45) is 0 Å². The molecule has 3 aromatic rings. The quantitative estimate of drug-likeness (QED) is 0.0454. The van der Waals surface area contributed by atoms with Crippen LogP contribution in [0.4, 0.5) is 17.6 Å². The molecule has 0 aromatic heterocycles. The SMILES string of the molecule is C=C(C)C(=O)OCCCCC#Cc1ccc([C-](F)F)cc1.C=C(C)C(=O)OCCCCC#Cc1ccc([C-](F)F)cc1.[U+2].[U+2].[c-]1c[c-]ccc1. The summed E-state index contributed by atoms with van der Waals surface area (Å²) in [4.78, 5) is 22.2. The third-order valence-electron chi connectivity index (χ3n) is 5.78. The minimum Gasteiger partial charge on any atom is -0.462 e. The van der Waals surface area contributed by atoms with Crippen molar-refractivity contribution in [3.05, 3.63) is 144 Å². The summed E-state index contributed by atoms with van der Waals surface area (Å²) in [5, 5.41) is 0. The van der Waals surface area contributed by atoms with Crippen LogP contribution in [0.3, 0.4) is 0 Å². The Morgan fingerprint density at radius 3 is 1.28 bits per heavy atom. The Hall–Kier alpha value is -3.24. The van der Waals surface area contributed by atoms with E-state index in [9.17, 15) is 27.2 Å². The minimum atomic E-state index is -1.70. The van der Waals surface area contributed by atoms with Crippen LogP contribution in [0.1, 0.15) is 74.6 Å². The van der Waals surface area contributed by atoms with Crippen molar-refractivity contribution >= 4 is 11.9 Å². The summed E-state index contributed by atoms with van der Waals surface area (Å²) in [7, 11) is 0. The van der Waals surface area contributed by atoms with Crippen LogP contribution >= 0.6 is 0 Å². The van der Waals surface area contributed by atoms with E-state index in [2.05, 4.69) is 49.0 Å². The van der Waals surface area contributed by atoms with Crippen LogP contribution < -0.4 is 0 Å². The van der Waals surface area contributed by atoms with Gasteiger partial charge in [-0.2, -0.15) is 24.3 Å². The number of unbranched alkanes of at least 4 members (excludes halogenated alkanes) is 4. The Labute approximate surface area is 341 Å². The standard InChI is InChI=1S/2C17H17F2O2.C6H4.2U/c2*1-13(2)17(20)21-12-6-4-3-5-7-14-8-10-15(11-9-14)16(18)19;1-2-4-6-5-3-1;;/h2*8-11H,1,3-4,6,12H2,2H3;1-3,6H;;/q2*-1;-2;2*+2. The van der Waals surface area contributed by atoms with Gasteiger partial charge in [0.25, 0.3) is 0 Å². The molecule has 4 nitrogen and oxygen atoms in total. The fraction of sp³-hybridized carbons (Fsp3) is 0.250. The molecule has 0 bridgehead atoms. The molecule has 0 unspecified atom stereocenters. The molecule has 0 aliphatic carbocycles. The van der Waals surface area contributed by atoms with Gasteiger partial charge in [0.2, 0.25) is 0 Å². The summed E-state index contributed by atoms with van der Waals surface area (Å²) < 4.78 is 59.0. The first-order valence-electron chi connectivity index (χ1n) is 15.0. The van der Waals surface area contributed by atoms with Crippen molar-refractivity contribution in [1.82, 2.24) is 0 Å². The molecule has 0 fully saturated rings. The van der Waals surface area contributed by atoms with Crippen molar-refractivity contribution in [1.29, 1.82) is 0 Å². The van der Waals surface area contributed by atoms with Crippen LogP contribution in [0, 0.1) is 111 Å². The molecule has 3 rings (SSSR count). The van der Waals surface area contributed by atoms with Crippen LogP contribution in [0.25, 0.3) is 0 Å². The topological polar surface area (TPSA) is 52.6 Å². The Morgan fingerprint density at radius 2 is 1.02 bits per heavy atom. The summed E-state index contributed by atoms with van der Waals surface area (Å²) in [6, 6.07) is 24.6. The van der Waals surface area contributed by atoms with E-state index in [1.54, 1.807) is 44.2 Å². The number of hydrogen-bond acceptors (Lipinski definition) is 4. The van der Waals surface area contributed by atoms with Crippen LogP contribution in [-0.4, -0.2) is 25.2 Å². The number of esters is 2. The fourth-order valence-electron chi connectivity index (χ4n) is 3.20. The predicted octanol–water partition coefficient (Wildman–Crippen LogP) is 9.50. The van der Waals surface area contributed by atoms with E-state index in [1.165, 1.54) is 24.3 Å². The van der Waals surface area contributed by atoms with E-state index in [0.717, 1.165) is 25.7 Å². The Balaban J connectivity index is 0. The number of halogens is 4. The molecule has 0 aliphatic heterocycles. The second-order valence-electron chi connectivity index (χ2n) is 10.0. The zero-order valence-corrected chi connectivity index (χ0v) is 36.5. The Kier molecular flexibility index (Phi) is 29.9. The van der Waals surface area contributed by atoms with Crippen molar-refractivity contribution in [3.63, 3.8) is 0 Å². The van der Waals surface area contributed by atoms with Crippen molar-refractivity contribution in [2.75, 3.05) is 13.2 Å². The van der Waals surface area contributed by atoms with Gasteiger partial charge in [0.05, 0.1) is 13.2 Å². The molecule has 50 heavy (non-hydrogen) atoms. The van der Waals surface area contributed by atoms with Gasteiger partial charge in [-0.05, 0) is 39.5 Å². The number of benzene rings is 3. The predicted molar refractivity (Wildman–Crippen MR) is 179 cm³/mol. The van der Waals surface area contributed by atoms with Gasteiger partial charge < -0.3 is 27.7 Å². The summed E-state index contributed by atoms with van der Waals surface area (Å²) in [5.74, 6) is 11.0. The molecule has 0 heterocycles. The number of carbonyl (C=O) groups is 2. The number of hydrogen-bond donors (Lipinski definition) is 0. The van der Waals surface area contributed by atoms with Gasteiger partial charge in [0.15, 0.2) is 12.9 Å². The van der Waals surface area contributed by atoms with Crippen LogP contribution in [0.15, 0.2) is 97.1 Å². The molecule has 0 spiro atoms. The molecular weight excluding hydrogens is 1100 g/mol. The maximum absolute atomic E-state index is 12.3. The molecule has 258 valence electrons. The average molecular weight is 1130 g/mol. The maximum atomic E-state index is 12.3. The molecule has 0 N–H and O–H groups in total. The third kappa shape index (κ3) is 24.8. The number of ether oxygens (including phenoxy) is 2. The minimum absolute atomic E-state index is 0. The van der Waals surface area contributed by atoms with Crippen LogP contribution in [0.2, 0.25) is 0 Å². The molecule has 0 radical (unpaired) electrons. The largest absolute Gasteiger partial charge is 2.00 e. The molecule has 0 aliphatic rings. The van der Waals surface area contributed by atoms with Gasteiger partial charge in [-0.3, -0.25) is 35.8 Å². The molecular formula is C40H38F4O4U2. The van der Waals surface area contributed by atoms with Crippen molar-refractivity contribution < 1.29 is 98.9 Å². The molecule has 0 amide bonds. The zero-order valence-electron chi connectivity index (χ0n) is 28.1. The van der Waals surface area contributed by atoms with Gasteiger partial charge in [0.1, 0.15) is 0 Å². The summed E-state index contributed by atoms with van der Waals surface area (Å²) in [6.45, 7) is 10.9. The van der Waals surface area contributed by atoms with E-state index in [1.807, 2.05) is 18.2 Å². The normalized spacial score (nSPS) is 8.92. The smallest absolute Gasteiger partial charge is 0.462 e. The first-order chi connectivity index (χ1) is 23.0. The van der Waals surface area contributed by atoms with Crippen LogP contribution in [0.5, 0.6) is 0 Å². The van der Waals surface area contributed by atoms with Gasteiger partial charge in [0, 0.05) is 35.1 Å². The van der Waals surface area contributed by atoms with Crippen molar-refractivity contribution in [3.8, 4) is 23.7 Å². The van der Waals surface area contributed by atoms with Gasteiger partial charge in [-0.15, -0.1) is 35.4 Å². The average Bonchev–Trinajstić information content (AvgIpc) is 3.08. The molecule has 0 saturated carbocycles. The van der Waals surface area contributed by atoms with Gasteiger partial charge in [-0.1, -0.05) is 36.8 Å². The van der Waals surface area contributed by atoms with E-state index < -0.39 is 12.9 Å². The van der Waals surface area contributed by atoms with Gasteiger partial charge in [-0.25, -0.2) is 9.59 Å². The Bertz CT molecular complexity index is 1390. The first-order valence-corrected chi connectivity index (χ1v) is 15.0. The number of rotatable bonds is 12. The number of carbonyl (C=O) groups excluding carboxylic acids is 2. The second-order valence-corrected chi connectivity index (χ2v) is 10.0. The maximum Gasteiger partial charge on any atom is 2.00 e. The fourth-order valence-corrected chi connectivity index (χ4v) is 3.20. The first kappa shape index (κ1) is 48.9. The summed E-state index contributed by atoms with van der Waals surface area (Å²) in [6.07, 6.45) is 1.01. The second kappa shape index (κ2) is 30.6. The van der Waals surface area contributed by atoms with Crippen LogP contribution in [-0.2, 0) is 19.1 Å². The van der Waals surface area contributed by atoms with E-state index >= 15 is 0 Å². The molecule has 10 heteroatoms. The monoisotopic (exact) mass is 1130 g/mol. The summed E-state index contributed by atoms with van der Waals surface area (Å²) >= 11 is 0. The Morgan fingerprint density at radius 1 is 0.660 bits per heavy atom. The zero-order chi connectivity index (χ0) is 35.6. The molecule has 0 atom stereocenters. The third-order valence-corrected chi connectivity index (χ3v) is 5.78. The van der Waals surface area contributed by atoms with E-state index in [4.69, 9.17) is 9.47 Å². The van der Waals surface area contributed by atoms with Gasteiger partial charge >= 0.3 is 74.2 Å². The van der Waals surface area contributed by atoms with E-state index in [-0.39, 0.29) is 85.3 Å². The van der Waals surface area contributed by atoms with E-state index in [0.29, 0.717) is 48.3 Å².